The number of amides is 3. The minimum Gasteiger partial charge on any atom is -0.336 e. The normalized spacial score (nSPS) is 19.8. The van der Waals surface area contributed by atoms with E-state index in [1.807, 2.05) is 13.0 Å². The number of hydrogen-bond donors (Lipinski definition) is 1. The molecule has 1 N–H and O–H groups in total. The zero-order valence-electron chi connectivity index (χ0n) is 16.8. The first-order valence-electron chi connectivity index (χ1n) is 8.98. The van der Waals surface area contributed by atoms with Gasteiger partial charge in [-0.2, -0.15) is 0 Å². The summed E-state index contributed by atoms with van der Waals surface area (Å²) < 4.78 is 1.50. The summed E-state index contributed by atoms with van der Waals surface area (Å²) in [5.74, 6) is 0.204. The first kappa shape index (κ1) is 20.0. The van der Waals surface area contributed by atoms with E-state index >= 15 is 0 Å². The minimum atomic E-state index is -0.269. The Morgan fingerprint density at radius 1 is 1.23 bits per heavy atom. The van der Waals surface area contributed by atoms with E-state index in [-0.39, 0.29) is 35.0 Å². The van der Waals surface area contributed by atoms with Crippen molar-refractivity contribution < 1.29 is 9.59 Å². The van der Waals surface area contributed by atoms with E-state index in [1.165, 1.54) is 9.47 Å². The smallest absolute Gasteiger partial charge is 0.317 e. The Bertz CT molecular complexity index is 767. The fourth-order valence-corrected chi connectivity index (χ4v) is 3.51. The quantitative estimate of drug-likeness (QED) is 0.882. The molecule has 7 nitrogen and oxygen atoms in total. The maximum Gasteiger partial charge on any atom is 0.317 e. The summed E-state index contributed by atoms with van der Waals surface area (Å²) in [6.45, 7) is 8.76. The zero-order chi connectivity index (χ0) is 19.8. The molecule has 0 saturated carbocycles. The Kier molecular flexibility index (Phi) is 5.78. The summed E-state index contributed by atoms with van der Waals surface area (Å²) in [5, 5.41) is 3.01. The van der Waals surface area contributed by atoms with E-state index < -0.39 is 0 Å². The third-order valence-electron chi connectivity index (χ3n) is 5.30. The maximum atomic E-state index is 13.1. The van der Waals surface area contributed by atoms with Crippen LogP contribution in [0.15, 0.2) is 10.9 Å². The molecule has 0 spiro atoms. The standard InChI is InChI=1S/C19H30N4O3/c1-11(2)14-9-23(10-15(14)20-19(26)21(5)6)18(25)16-12(3)8-13(4)22(7)17(16)24/h8,11,14-15H,9-10H2,1-7H3,(H,20,26)/t14-,15+/m0/s1. The zero-order valence-corrected chi connectivity index (χ0v) is 16.8. The average molecular weight is 362 g/mol. The summed E-state index contributed by atoms with van der Waals surface area (Å²) in [7, 11) is 5.06. The van der Waals surface area contributed by atoms with Gasteiger partial charge in [-0.15, -0.1) is 0 Å². The Morgan fingerprint density at radius 3 is 2.38 bits per heavy atom. The van der Waals surface area contributed by atoms with Crippen LogP contribution >= 0.6 is 0 Å². The highest BCUT2D eigenvalue weighted by Gasteiger charge is 2.39. The SMILES string of the molecule is Cc1cc(C)n(C)c(=O)c1C(=O)N1C[C@@H](NC(=O)N(C)C)[C@H](C(C)C)C1. The molecule has 2 rings (SSSR count). The van der Waals surface area contributed by atoms with Gasteiger partial charge in [-0.1, -0.05) is 13.8 Å². The first-order valence-corrected chi connectivity index (χ1v) is 8.98. The van der Waals surface area contributed by atoms with Crippen molar-refractivity contribution in [3.8, 4) is 0 Å². The molecule has 1 saturated heterocycles. The summed E-state index contributed by atoms with van der Waals surface area (Å²) in [4.78, 5) is 40.9. The Balaban J connectivity index is 2.30. The number of aryl methyl sites for hydroxylation is 2. The topological polar surface area (TPSA) is 74.6 Å². The number of nitrogens with zero attached hydrogens (tertiary/aromatic N) is 3. The minimum absolute atomic E-state index is 0.122. The molecule has 2 heterocycles. The predicted molar refractivity (Wildman–Crippen MR) is 101 cm³/mol. The number of nitrogens with one attached hydrogen (secondary N) is 1. The Morgan fingerprint density at radius 2 is 1.85 bits per heavy atom. The van der Waals surface area contributed by atoms with Crippen LogP contribution in [-0.2, 0) is 7.05 Å². The van der Waals surface area contributed by atoms with Crippen LogP contribution in [0.3, 0.4) is 0 Å². The van der Waals surface area contributed by atoms with Crippen LogP contribution in [-0.4, -0.2) is 59.5 Å². The second kappa shape index (κ2) is 7.51. The van der Waals surface area contributed by atoms with Crippen molar-refractivity contribution in [2.75, 3.05) is 27.2 Å². The van der Waals surface area contributed by atoms with E-state index in [2.05, 4.69) is 19.2 Å². The molecule has 1 aliphatic rings. The molecule has 3 amide bonds. The van der Waals surface area contributed by atoms with Gasteiger partial charge in [-0.05, 0) is 31.4 Å². The van der Waals surface area contributed by atoms with Gasteiger partial charge in [0.2, 0.25) is 0 Å². The highest BCUT2D eigenvalue weighted by molar-refractivity contribution is 5.95. The largest absolute Gasteiger partial charge is 0.336 e. The molecule has 1 aromatic rings. The van der Waals surface area contributed by atoms with Gasteiger partial charge in [0.1, 0.15) is 5.56 Å². The third-order valence-corrected chi connectivity index (χ3v) is 5.30. The number of hydrogen-bond acceptors (Lipinski definition) is 3. The lowest BCUT2D eigenvalue weighted by Crippen LogP contribution is -2.46. The number of urea groups is 1. The molecule has 0 aromatic carbocycles. The molecule has 2 atom stereocenters. The molecule has 26 heavy (non-hydrogen) atoms. The molecule has 0 unspecified atom stereocenters. The van der Waals surface area contributed by atoms with Gasteiger partial charge >= 0.3 is 6.03 Å². The van der Waals surface area contributed by atoms with Gasteiger partial charge in [-0.3, -0.25) is 9.59 Å². The van der Waals surface area contributed by atoms with Crippen molar-refractivity contribution in [1.82, 2.24) is 19.7 Å². The molecular formula is C19H30N4O3. The van der Waals surface area contributed by atoms with Gasteiger partial charge in [0.25, 0.3) is 11.5 Å². The second-order valence-corrected chi connectivity index (χ2v) is 7.78. The van der Waals surface area contributed by atoms with Crippen LogP contribution in [0.5, 0.6) is 0 Å². The summed E-state index contributed by atoms with van der Waals surface area (Å²) >= 11 is 0. The summed E-state index contributed by atoms with van der Waals surface area (Å²) in [5.41, 5.74) is 1.47. The van der Waals surface area contributed by atoms with Gasteiger partial charge in [0.15, 0.2) is 0 Å². The van der Waals surface area contributed by atoms with Crippen LogP contribution in [0.25, 0.3) is 0 Å². The van der Waals surface area contributed by atoms with Crippen molar-refractivity contribution in [1.29, 1.82) is 0 Å². The molecule has 7 heteroatoms. The van der Waals surface area contributed by atoms with Crippen LogP contribution < -0.4 is 10.9 Å². The fraction of sp³-hybridized carbons (Fsp3) is 0.632. The Labute approximate surface area is 155 Å². The number of aromatic nitrogens is 1. The first-order chi connectivity index (χ1) is 12.0. The highest BCUT2D eigenvalue weighted by Crippen LogP contribution is 2.26. The van der Waals surface area contributed by atoms with E-state index in [0.717, 1.165) is 5.69 Å². The van der Waals surface area contributed by atoms with Crippen molar-refractivity contribution in [3.05, 3.63) is 33.2 Å². The third kappa shape index (κ3) is 3.76. The van der Waals surface area contributed by atoms with Gasteiger partial charge in [0.05, 0.1) is 6.04 Å². The van der Waals surface area contributed by atoms with E-state index in [4.69, 9.17) is 0 Å². The average Bonchev–Trinajstić information content (AvgIpc) is 2.96. The molecule has 1 fully saturated rings. The fourth-order valence-electron chi connectivity index (χ4n) is 3.51. The second-order valence-electron chi connectivity index (χ2n) is 7.78. The number of carbonyl (C=O) groups excluding carboxylic acids is 2. The molecule has 1 aliphatic heterocycles. The van der Waals surface area contributed by atoms with Crippen molar-refractivity contribution in [2.45, 2.75) is 33.7 Å². The van der Waals surface area contributed by atoms with Gasteiger partial charge in [0, 0.05) is 45.8 Å². The Hall–Kier alpha value is -2.31. The molecular weight excluding hydrogens is 332 g/mol. The lowest BCUT2D eigenvalue weighted by molar-refractivity contribution is 0.0779. The van der Waals surface area contributed by atoms with Crippen LogP contribution in [0.4, 0.5) is 4.79 Å². The van der Waals surface area contributed by atoms with E-state index in [9.17, 15) is 14.4 Å². The lowest BCUT2D eigenvalue weighted by atomic mass is 9.91. The molecule has 0 radical (unpaired) electrons. The van der Waals surface area contributed by atoms with Crippen LogP contribution in [0.2, 0.25) is 0 Å². The molecule has 1 aromatic heterocycles. The predicted octanol–water partition coefficient (Wildman–Crippen LogP) is 1.37. The van der Waals surface area contributed by atoms with Gasteiger partial charge in [-0.25, -0.2) is 4.79 Å². The van der Waals surface area contributed by atoms with Crippen molar-refractivity contribution in [2.24, 2.45) is 18.9 Å². The highest BCUT2D eigenvalue weighted by atomic mass is 16.2. The number of pyridine rings is 1. The van der Waals surface area contributed by atoms with Crippen LogP contribution in [0.1, 0.15) is 35.5 Å². The summed E-state index contributed by atoms with van der Waals surface area (Å²) in [6.07, 6.45) is 0. The van der Waals surface area contributed by atoms with Crippen LogP contribution in [0, 0.1) is 25.7 Å². The molecule has 0 aliphatic carbocycles. The van der Waals surface area contributed by atoms with E-state index in [1.54, 1.807) is 33.0 Å². The van der Waals surface area contributed by atoms with Crippen molar-refractivity contribution >= 4 is 11.9 Å². The molecule has 0 bridgehead atoms. The summed E-state index contributed by atoms with van der Waals surface area (Å²) in [6, 6.07) is 1.57. The monoisotopic (exact) mass is 362 g/mol. The molecule has 144 valence electrons. The number of likely N-dealkylation sites (tertiary alicyclic amines) is 1. The maximum absolute atomic E-state index is 13.1. The van der Waals surface area contributed by atoms with E-state index in [0.29, 0.717) is 24.6 Å². The number of carbonyl (C=O) groups is 2. The number of rotatable bonds is 3. The van der Waals surface area contributed by atoms with Crippen molar-refractivity contribution in [3.63, 3.8) is 0 Å². The van der Waals surface area contributed by atoms with Gasteiger partial charge < -0.3 is 19.7 Å². The lowest BCUT2D eigenvalue weighted by Gasteiger charge is -2.24.